The molecule has 0 aliphatic carbocycles. The Balaban J connectivity index is 2.31. The molecule has 0 radical (unpaired) electrons. The predicted molar refractivity (Wildman–Crippen MR) is 92.7 cm³/mol. The number of unbranched alkanes of at least 4 members (excludes halogenated alkanes) is 1. The SMILES string of the molecule is C=CCCC[C@@H](C)C(O)[C@@]12NC(=O)[C@H](CCCl)[C@]1(CCC)OC2=O. The number of aliphatic hydroxyl groups excluding tert-OH is 1. The normalized spacial score (nSPS) is 33.9. The highest BCUT2D eigenvalue weighted by molar-refractivity contribution is 6.18. The molecular weight excluding hydrogens is 330 g/mol. The van der Waals surface area contributed by atoms with E-state index in [1.54, 1.807) is 0 Å². The molecule has 6 heteroatoms. The smallest absolute Gasteiger partial charge is 0.339 e. The number of nitrogens with one attached hydrogen (secondary N) is 1. The first-order valence-corrected chi connectivity index (χ1v) is 9.35. The minimum absolute atomic E-state index is 0.135. The Morgan fingerprint density at radius 1 is 1.50 bits per heavy atom. The van der Waals surface area contributed by atoms with Crippen molar-refractivity contribution in [3.63, 3.8) is 0 Å². The fraction of sp³-hybridized carbons (Fsp3) is 0.778. The van der Waals surface area contributed by atoms with Crippen LogP contribution in [0.4, 0.5) is 0 Å². The molecule has 2 fully saturated rings. The lowest BCUT2D eigenvalue weighted by atomic mass is 9.62. The summed E-state index contributed by atoms with van der Waals surface area (Å²) in [6.07, 6.45) is 5.07. The first-order chi connectivity index (χ1) is 11.4. The third-order valence-corrected chi connectivity index (χ3v) is 5.75. The van der Waals surface area contributed by atoms with Crippen LogP contribution in [0.2, 0.25) is 0 Å². The van der Waals surface area contributed by atoms with E-state index < -0.39 is 29.1 Å². The van der Waals surface area contributed by atoms with Crippen molar-refractivity contribution in [1.29, 1.82) is 0 Å². The quantitative estimate of drug-likeness (QED) is 0.273. The van der Waals surface area contributed by atoms with E-state index in [0.29, 0.717) is 18.7 Å². The molecule has 5 atom stereocenters. The molecule has 0 aromatic heterocycles. The summed E-state index contributed by atoms with van der Waals surface area (Å²) < 4.78 is 5.57. The lowest BCUT2D eigenvalue weighted by molar-refractivity contribution is -0.246. The summed E-state index contributed by atoms with van der Waals surface area (Å²) in [4.78, 5) is 25.0. The van der Waals surface area contributed by atoms with Gasteiger partial charge in [0.25, 0.3) is 0 Å². The zero-order valence-electron chi connectivity index (χ0n) is 14.5. The highest BCUT2D eigenvalue weighted by Crippen LogP contribution is 2.55. The molecular formula is C18H28ClNO4. The second kappa shape index (κ2) is 7.44. The number of halogens is 1. The van der Waals surface area contributed by atoms with Crippen molar-refractivity contribution in [3.05, 3.63) is 12.7 Å². The number of rotatable bonds is 10. The summed E-state index contributed by atoms with van der Waals surface area (Å²) in [5.41, 5.74) is -2.30. The molecule has 24 heavy (non-hydrogen) atoms. The van der Waals surface area contributed by atoms with Gasteiger partial charge in [0, 0.05) is 5.88 Å². The first kappa shape index (κ1) is 19.3. The third-order valence-electron chi connectivity index (χ3n) is 5.53. The molecule has 2 aliphatic heterocycles. The molecule has 1 amide bonds. The summed E-state index contributed by atoms with van der Waals surface area (Å²) >= 11 is 5.86. The number of carbonyl (C=O) groups is 2. The third kappa shape index (κ3) is 2.66. The van der Waals surface area contributed by atoms with Crippen LogP contribution in [-0.4, -0.2) is 40.1 Å². The Kier molecular flexibility index (Phi) is 5.97. The molecule has 0 aromatic rings. The molecule has 2 aliphatic rings. The monoisotopic (exact) mass is 357 g/mol. The molecule has 0 bridgehead atoms. The number of allylic oxidation sites excluding steroid dienone is 1. The van der Waals surface area contributed by atoms with Gasteiger partial charge in [0.05, 0.1) is 12.0 Å². The molecule has 2 heterocycles. The van der Waals surface area contributed by atoms with E-state index in [0.717, 1.165) is 25.7 Å². The molecule has 0 saturated carbocycles. The van der Waals surface area contributed by atoms with Crippen LogP contribution < -0.4 is 5.32 Å². The number of alkyl halides is 1. The maximum Gasteiger partial charge on any atom is 0.339 e. The maximum atomic E-state index is 12.5. The van der Waals surface area contributed by atoms with Gasteiger partial charge in [0.2, 0.25) is 11.4 Å². The van der Waals surface area contributed by atoms with E-state index in [1.165, 1.54) is 0 Å². The molecule has 2 N–H and O–H groups in total. The number of amides is 1. The minimum atomic E-state index is -1.33. The summed E-state index contributed by atoms with van der Waals surface area (Å²) in [7, 11) is 0. The average molecular weight is 358 g/mol. The second-order valence-corrected chi connectivity index (χ2v) is 7.38. The zero-order chi connectivity index (χ0) is 18.0. The summed E-state index contributed by atoms with van der Waals surface area (Å²) in [5.74, 6) is -1.09. The molecule has 1 unspecified atom stereocenters. The maximum absolute atomic E-state index is 12.5. The van der Waals surface area contributed by atoms with Crippen LogP contribution in [0.3, 0.4) is 0 Å². The number of fused-ring (bicyclic) bond motifs is 1. The van der Waals surface area contributed by atoms with Gasteiger partial charge < -0.3 is 15.2 Å². The van der Waals surface area contributed by atoms with E-state index in [1.807, 2.05) is 19.9 Å². The number of aliphatic hydroxyl groups is 1. The van der Waals surface area contributed by atoms with Crippen LogP contribution in [0, 0.1) is 11.8 Å². The Bertz CT molecular complexity index is 511. The Morgan fingerprint density at radius 2 is 2.21 bits per heavy atom. The minimum Gasteiger partial charge on any atom is -0.453 e. The van der Waals surface area contributed by atoms with Crippen molar-refractivity contribution < 1.29 is 19.4 Å². The Morgan fingerprint density at radius 3 is 2.75 bits per heavy atom. The van der Waals surface area contributed by atoms with Gasteiger partial charge in [0.1, 0.15) is 0 Å². The van der Waals surface area contributed by atoms with Gasteiger partial charge in [-0.2, -0.15) is 0 Å². The van der Waals surface area contributed by atoms with Crippen LogP contribution in [0.25, 0.3) is 0 Å². The second-order valence-electron chi connectivity index (χ2n) is 7.00. The number of ether oxygens (including phenoxy) is 1. The van der Waals surface area contributed by atoms with Crippen LogP contribution in [0.5, 0.6) is 0 Å². The predicted octanol–water partition coefficient (Wildman–Crippen LogP) is 2.55. The van der Waals surface area contributed by atoms with Gasteiger partial charge in [-0.25, -0.2) is 4.79 Å². The van der Waals surface area contributed by atoms with Crippen molar-refractivity contribution in [3.8, 4) is 0 Å². The van der Waals surface area contributed by atoms with Crippen molar-refractivity contribution in [2.75, 3.05) is 5.88 Å². The Labute approximate surface area is 148 Å². The van der Waals surface area contributed by atoms with Crippen LogP contribution in [0.15, 0.2) is 12.7 Å². The van der Waals surface area contributed by atoms with Crippen molar-refractivity contribution in [1.82, 2.24) is 5.32 Å². The van der Waals surface area contributed by atoms with Crippen LogP contribution in [-0.2, 0) is 14.3 Å². The van der Waals surface area contributed by atoms with E-state index in [9.17, 15) is 14.7 Å². The van der Waals surface area contributed by atoms with Crippen LogP contribution in [0.1, 0.15) is 52.4 Å². The van der Waals surface area contributed by atoms with Gasteiger partial charge in [-0.15, -0.1) is 18.2 Å². The summed E-state index contributed by atoms with van der Waals surface area (Å²) in [6.45, 7) is 7.59. The van der Waals surface area contributed by atoms with Crippen LogP contribution >= 0.6 is 11.6 Å². The molecule has 0 aromatic carbocycles. The van der Waals surface area contributed by atoms with Crippen molar-refractivity contribution >= 4 is 23.5 Å². The fourth-order valence-corrected chi connectivity index (χ4v) is 4.55. The topological polar surface area (TPSA) is 75.6 Å². The van der Waals surface area contributed by atoms with Gasteiger partial charge >= 0.3 is 5.97 Å². The van der Waals surface area contributed by atoms with Gasteiger partial charge in [0.15, 0.2) is 5.60 Å². The highest BCUT2D eigenvalue weighted by atomic mass is 35.5. The number of esters is 1. The standard InChI is InChI=1S/C18H28ClNO4/c1-4-6-7-8-12(3)14(21)18-16(23)24-17(18,10-5-2)13(9-11-19)15(22)20-18/h4,12-14,21H,1,5-11H2,2-3H3,(H,20,22)/t12-,13+,14?,17+,18+/m1/s1. The largest absolute Gasteiger partial charge is 0.453 e. The number of hydrogen-bond acceptors (Lipinski definition) is 4. The van der Waals surface area contributed by atoms with Gasteiger partial charge in [-0.05, 0) is 38.0 Å². The summed E-state index contributed by atoms with van der Waals surface area (Å²) in [6, 6.07) is 0. The number of hydrogen-bond donors (Lipinski definition) is 2. The van der Waals surface area contributed by atoms with E-state index >= 15 is 0 Å². The molecule has 2 saturated heterocycles. The van der Waals surface area contributed by atoms with E-state index in [-0.39, 0.29) is 11.8 Å². The zero-order valence-corrected chi connectivity index (χ0v) is 15.3. The van der Waals surface area contributed by atoms with Crippen molar-refractivity contribution in [2.24, 2.45) is 11.8 Å². The summed E-state index contributed by atoms with van der Waals surface area (Å²) in [5, 5.41) is 13.8. The van der Waals surface area contributed by atoms with Crippen molar-refractivity contribution in [2.45, 2.75) is 69.6 Å². The first-order valence-electron chi connectivity index (χ1n) is 8.81. The fourth-order valence-electron chi connectivity index (χ4n) is 4.33. The molecule has 0 spiro atoms. The number of carbonyl (C=O) groups excluding carboxylic acids is 2. The van der Waals surface area contributed by atoms with Gasteiger partial charge in [-0.1, -0.05) is 26.3 Å². The molecule has 136 valence electrons. The van der Waals surface area contributed by atoms with E-state index in [4.69, 9.17) is 16.3 Å². The molecule has 2 rings (SSSR count). The highest BCUT2D eigenvalue weighted by Gasteiger charge is 2.80. The Hall–Kier alpha value is -1.07. The van der Waals surface area contributed by atoms with Gasteiger partial charge in [-0.3, -0.25) is 4.79 Å². The van der Waals surface area contributed by atoms with E-state index in [2.05, 4.69) is 11.9 Å². The lowest BCUT2D eigenvalue weighted by Crippen LogP contribution is -2.81. The lowest BCUT2D eigenvalue weighted by Gasteiger charge is -2.56. The molecule has 5 nitrogen and oxygen atoms in total. The average Bonchev–Trinajstić information content (AvgIpc) is 2.73.